The molecule has 0 bridgehead atoms. The normalized spacial score (nSPS) is 14.2. The third-order valence-electron chi connectivity index (χ3n) is 5.29. The summed E-state index contributed by atoms with van der Waals surface area (Å²) >= 11 is 6.62. The highest BCUT2D eigenvalue weighted by Crippen LogP contribution is 2.36. The number of nitrogens with zero attached hydrogens (tertiary/aromatic N) is 2. The third kappa shape index (κ3) is 4.34. The van der Waals surface area contributed by atoms with Gasteiger partial charge in [-0.15, -0.1) is 11.3 Å². The molecule has 1 aliphatic rings. The molecule has 1 unspecified atom stereocenters. The first kappa shape index (κ1) is 23.2. The highest BCUT2D eigenvalue weighted by atomic mass is 35.5. The molecule has 0 aliphatic carbocycles. The minimum Gasteiger partial charge on any atom is -0.448 e. The second-order valence-corrected chi connectivity index (χ2v) is 8.98. The zero-order valence-electron chi connectivity index (χ0n) is 17.4. The second-order valence-electron chi connectivity index (χ2n) is 7.55. The van der Waals surface area contributed by atoms with E-state index in [-0.39, 0.29) is 15.5 Å². The number of amides is 1. The van der Waals surface area contributed by atoms with Gasteiger partial charge >= 0.3 is 12.1 Å². The molecular weight excluding hydrogens is 483 g/mol. The topological polar surface area (TPSA) is 90.3 Å². The van der Waals surface area contributed by atoms with Crippen molar-refractivity contribution < 1.29 is 27.5 Å². The lowest BCUT2D eigenvalue weighted by molar-refractivity contribution is -0.137. The number of carbonyl (C=O) groups excluding carboxylic acids is 2. The van der Waals surface area contributed by atoms with Crippen molar-refractivity contribution in [2.75, 3.05) is 5.32 Å². The Hall–Kier alpha value is -2.92. The molecule has 0 saturated heterocycles. The van der Waals surface area contributed by atoms with Gasteiger partial charge < -0.3 is 10.1 Å². The summed E-state index contributed by atoms with van der Waals surface area (Å²) in [6, 6.07) is 2.91. The first-order chi connectivity index (χ1) is 15.5. The lowest BCUT2D eigenvalue weighted by Crippen LogP contribution is -2.30. The van der Waals surface area contributed by atoms with Gasteiger partial charge in [0.2, 0.25) is 0 Å². The number of aromatic nitrogens is 2. The van der Waals surface area contributed by atoms with Crippen LogP contribution in [0.5, 0.6) is 0 Å². The fourth-order valence-corrected chi connectivity index (χ4v) is 4.88. The van der Waals surface area contributed by atoms with Crippen LogP contribution in [-0.4, -0.2) is 27.5 Å². The van der Waals surface area contributed by atoms with Crippen LogP contribution >= 0.6 is 22.9 Å². The molecule has 7 nitrogen and oxygen atoms in total. The fraction of sp³-hybridized carbons (Fsp3) is 0.333. The van der Waals surface area contributed by atoms with Gasteiger partial charge in [0, 0.05) is 18.0 Å². The molecule has 1 aromatic carbocycles. The van der Waals surface area contributed by atoms with Gasteiger partial charge in [0.15, 0.2) is 6.10 Å². The van der Waals surface area contributed by atoms with Gasteiger partial charge in [0.25, 0.3) is 11.5 Å². The van der Waals surface area contributed by atoms with Crippen LogP contribution in [-0.2, 0) is 28.7 Å². The Labute approximate surface area is 194 Å². The molecule has 12 heteroatoms. The monoisotopic (exact) mass is 499 g/mol. The molecule has 1 aliphatic heterocycles. The van der Waals surface area contributed by atoms with E-state index in [1.165, 1.54) is 13.0 Å². The summed E-state index contributed by atoms with van der Waals surface area (Å²) in [4.78, 5) is 42.9. The Morgan fingerprint density at radius 1 is 1.33 bits per heavy atom. The first-order valence-electron chi connectivity index (χ1n) is 9.88. The molecule has 0 fully saturated rings. The van der Waals surface area contributed by atoms with Crippen LogP contribution in [0.15, 0.2) is 23.0 Å². The summed E-state index contributed by atoms with van der Waals surface area (Å²) in [7, 11) is 0. The Bertz CT molecular complexity index is 1350. The van der Waals surface area contributed by atoms with Crippen molar-refractivity contribution in [1.82, 2.24) is 9.55 Å². The number of rotatable bonds is 4. The van der Waals surface area contributed by atoms with E-state index in [4.69, 9.17) is 16.3 Å². The predicted molar refractivity (Wildman–Crippen MR) is 117 cm³/mol. The largest absolute Gasteiger partial charge is 0.448 e. The van der Waals surface area contributed by atoms with Crippen molar-refractivity contribution in [3.63, 3.8) is 0 Å². The van der Waals surface area contributed by atoms with Crippen LogP contribution < -0.4 is 10.9 Å². The highest BCUT2D eigenvalue weighted by molar-refractivity contribution is 7.20. The molecule has 1 atom stereocenters. The van der Waals surface area contributed by atoms with Gasteiger partial charge in [0.05, 0.1) is 16.6 Å². The SMILES string of the molecule is Cc1c(C(=O)OC(C)C(=O)Nc2ccc(Cl)cc2C(F)(F)F)sc2nc3n(c(=O)c12)CCC3. The first-order valence-corrected chi connectivity index (χ1v) is 11.1. The molecule has 1 N–H and O–H groups in total. The summed E-state index contributed by atoms with van der Waals surface area (Å²) in [6.45, 7) is 3.39. The van der Waals surface area contributed by atoms with Crippen LogP contribution in [0.1, 0.15) is 40.0 Å². The summed E-state index contributed by atoms with van der Waals surface area (Å²) < 4.78 is 46.5. The number of carbonyl (C=O) groups is 2. The molecule has 4 rings (SSSR count). The lowest BCUT2D eigenvalue weighted by Gasteiger charge is -2.17. The van der Waals surface area contributed by atoms with Crippen molar-refractivity contribution in [3.05, 3.63) is 55.4 Å². The zero-order chi connectivity index (χ0) is 24.1. The Morgan fingerprint density at radius 3 is 2.76 bits per heavy atom. The molecule has 0 radical (unpaired) electrons. The molecule has 0 spiro atoms. The lowest BCUT2D eigenvalue weighted by atomic mass is 10.1. The number of alkyl halides is 3. The number of thiophene rings is 1. The van der Waals surface area contributed by atoms with E-state index in [0.29, 0.717) is 40.6 Å². The van der Waals surface area contributed by atoms with E-state index in [0.717, 1.165) is 23.8 Å². The van der Waals surface area contributed by atoms with Crippen LogP contribution in [0, 0.1) is 6.92 Å². The van der Waals surface area contributed by atoms with Crippen LogP contribution in [0.3, 0.4) is 0 Å². The third-order valence-corrected chi connectivity index (χ3v) is 6.70. The average Bonchev–Trinajstić information content (AvgIpc) is 3.33. The van der Waals surface area contributed by atoms with Crippen LogP contribution in [0.2, 0.25) is 5.02 Å². The second kappa shape index (κ2) is 8.45. The molecular formula is C21H17ClF3N3O4S. The molecule has 2 aromatic heterocycles. The van der Waals surface area contributed by atoms with Gasteiger partial charge in [-0.2, -0.15) is 13.2 Å². The maximum atomic E-state index is 13.2. The van der Waals surface area contributed by atoms with Gasteiger partial charge in [-0.3, -0.25) is 14.2 Å². The standard InChI is InChI=1S/C21H17ClF3N3O4S/c1-9-15-18(27-14-4-3-7-28(14)19(15)30)33-16(9)20(31)32-10(2)17(29)26-13-6-5-11(22)8-12(13)21(23,24)25/h5-6,8,10H,3-4,7H2,1-2H3,(H,26,29). The van der Waals surface area contributed by atoms with Crippen LogP contribution in [0.25, 0.3) is 10.2 Å². The van der Waals surface area contributed by atoms with E-state index < -0.39 is 35.4 Å². The van der Waals surface area contributed by atoms with E-state index in [1.54, 1.807) is 11.5 Å². The van der Waals surface area contributed by atoms with Crippen molar-refractivity contribution in [2.45, 2.75) is 45.5 Å². The Kier molecular flexibility index (Phi) is 5.95. The number of benzene rings is 1. The number of aryl methyl sites for hydroxylation is 2. The average molecular weight is 500 g/mol. The molecule has 1 amide bonds. The van der Waals surface area contributed by atoms with Gasteiger partial charge in [0.1, 0.15) is 15.5 Å². The van der Waals surface area contributed by atoms with E-state index in [2.05, 4.69) is 10.3 Å². The Morgan fingerprint density at radius 2 is 2.06 bits per heavy atom. The minimum atomic E-state index is -4.75. The van der Waals surface area contributed by atoms with Crippen molar-refractivity contribution in [2.24, 2.45) is 0 Å². The molecule has 33 heavy (non-hydrogen) atoms. The number of halogens is 4. The van der Waals surface area contributed by atoms with Gasteiger partial charge in [-0.1, -0.05) is 11.6 Å². The number of anilines is 1. The number of esters is 1. The maximum Gasteiger partial charge on any atom is 0.418 e. The Balaban J connectivity index is 1.55. The van der Waals surface area contributed by atoms with Crippen molar-refractivity contribution in [3.8, 4) is 0 Å². The summed E-state index contributed by atoms with van der Waals surface area (Å²) in [6.07, 6.45) is -4.66. The molecule has 174 valence electrons. The molecule has 3 aromatic rings. The van der Waals surface area contributed by atoms with Crippen LogP contribution in [0.4, 0.5) is 18.9 Å². The number of ether oxygens (including phenoxy) is 1. The number of nitrogens with one attached hydrogen (secondary N) is 1. The van der Waals surface area contributed by atoms with E-state index in [9.17, 15) is 27.6 Å². The van der Waals surface area contributed by atoms with E-state index >= 15 is 0 Å². The number of hydrogen-bond acceptors (Lipinski definition) is 6. The summed E-state index contributed by atoms with van der Waals surface area (Å²) in [5.74, 6) is -1.16. The molecule has 0 saturated carbocycles. The quantitative estimate of drug-likeness (QED) is 0.531. The predicted octanol–water partition coefficient (Wildman–Crippen LogP) is 4.57. The molecule has 3 heterocycles. The minimum absolute atomic E-state index is 0.112. The van der Waals surface area contributed by atoms with Gasteiger partial charge in [-0.25, -0.2) is 9.78 Å². The number of fused-ring (bicyclic) bond motifs is 2. The van der Waals surface area contributed by atoms with Gasteiger partial charge in [-0.05, 0) is 44.0 Å². The maximum absolute atomic E-state index is 13.2. The zero-order valence-corrected chi connectivity index (χ0v) is 19.0. The highest BCUT2D eigenvalue weighted by Gasteiger charge is 2.35. The number of hydrogen-bond donors (Lipinski definition) is 1. The summed E-state index contributed by atoms with van der Waals surface area (Å²) in [5.41, 5.74) is -1.47. The van der Waals surface area contributed by atoms with Crippen molar-refractivity contribution >= 4 is 50.7 Å². The van der Waals surface area contributed by atoms with E-state index in [1.807, 2.05) is 0 Å². The summed E-state index contributed by atoms with van der Waals surface area (Å²) in [5, 5.41) is 2.31. The smallest absolute Gasteiger partial charge is 0.418 e. The fourth-order valence-electron chi connectivity index (χ4n) is 3.63. The van der Waals surface area contributed by atoms with Crippen molar-refractivity contribution in [1.29, 1.82) is 0 Å².